The minimum Gasteiger partial charge on any atom is -0.459 e. The summed E-state index contributed by atoms with van der Waals surface area (Å²) < 4.78 is 11.3. The number of hydrogen-bond donors (Lipinski definition) is 1. The summed E-state index contributed by atoms with van der Waals surface area (Å²) in [7, 11) is 0. The monoisotopic (exact) mass is 449 g/mol. The molecule has 1 N–H and O–H groups in total. The van der Waals surface area contributed by atoms with Gasteiger partial charge in [0, 0.05) is 22.3 Å². The van der Waals surface area contributed by atoms with Gasteiger partial charge >= 0.3 is 5.97 Å². The first kappa shape index (κ1) is 21.9. The van der Waals surface area contributed by atoms with Gasteiger partial charge in [-0.05, 0) is 92.4 Å². The van der Waals surface area contributed by atoms with E-state index >= 15 is 0 Å². The summed E-state index contributed by atoms with van der Waals surface area (Å²) in [6, 6.07) is 17.7. The van der Waals surface area contributed by atoms with E-state index in [1.165, 1.54) is 12.5 Å². The van der Waals surface area contributed by atoms with E-state index < -0.39 is 0 Å². The molecule has 1 amide bonds. The number of benzene rings is 2. The second-order valence-electron chi connectivity index (χ2n) is 7.77. The maximum atomic E-state index is 12.3. The normalized spacial score (nSPS) is 14.4. The fraction of sp³-hybridized carbons (Fsp3) is 0.231. The highest BCUT2D eigenvalue weighted by molar-refractivity contribution is 6.30. The lowest BCUT2D eigenvalue weighted by molar-refractivity contribution is -0.111. The Morgan fingerprint density at radius 3 is 2.38 bits per heavy atom. The Hall–Kier alpha value is -3.31. The van der Waals surface area contributed by atoms with Crippen LogP contribution in [-0.4, -0.2) is 18.0 Å². The molecule has 0 atom stereocenters. The van der Waals surface area contributed by atoms with E-state index in [0.717, 1.165) is 31.2 Å². The lowest BCUT2D eigenvalue weighted by atomic mass is 9.98. The number of carbonyl (C=O) groups excluding carboxylic acids is 2. The quantitative estimate of drug-likeness (QED) is 0.334. The molecule has 5 nitrogen and oxygen atoms in total. The molecule has 0 radical (unpaired) electrons. The summed E-state index contributed by atoms with van der Waals surface area (Å²) in [6.07, 6.45) is 8.31. The molecule has 1 aromatic heterocycles. The number of halogens is 1. The smallest absolute Gasteiger partial charge is 0.338 e. The van der Waals surface area contributed by atoms with Crippen molar-refractivity contribution < 1.29 is 18.7 Å². The van der Waals surface area contributed by atoms with Crippen LogP contribution in [-0.2, 0) is 9.53 Å². The van der Waals surface area contributed by atoms with Crippen LogP contribution >= 0.6 is 11.6 Å². The third-order valence-corrected chi connectivity index (χ3v) is 5.62. The van der Waals surface area contributed by atoms with Crippen LogP contribution in [0.4, 0.5) is 5.69 Å². The first-order chi connectivity index (χ1) is 15.6. The molecule has 0 bridgehead atoms. The lowest BCUT2D eigenvalue weighted by Gasteiger charge is -2.21. The maximum absolute atomic E-state index is 12.3. The third-order valence-electron chi connectivity index (χ3n) is 5.37. The van der Waals surface area contributed by atoms with Gasteiger partial charge in [-0.3, -0.25) is 4.79 Å². The Bertz CT molecular complexity index is 1090. The first-order valence-corrected chi connectivity index (χ1v) is 11.1. The lowest BCUT2D eigenvalue weighted by Crippen LogP contribution is -2.20. The molecule has 0 spiro atoms. The highest BCUT2D eigenvalue weighted by Gasteiger charge is 2.18. The Kier molecular flexibility index (Phi) is 7.07. The van der Waals surface area contributed by atoms with Gasteiger partial charge in [-0.2, -0.15) is 0 Å². The molecule has 1 saturated carbocycles. The van der Waals surface area contributed by atoms with Gasteiger partial charge in [0.1, 0.15) is 17.6 Å². The van der Waals surface area contributed by atoms with Crippen LogP contribution in [0.3, 0.4) is 0 Å². The zero-order valence-corrected chi connectivity index (χ0v) is 18.3. The molecular formula is C26H24ClNO4. The van der Waals surface area contributed by atoms with Crippen LogP contribution in [0.15, 0.2) is 71.2 Å². The standard InChI is InChI=1S/C26H24ClNO4/c27-20-10-6-18(7-11-20)24-16-14-23(31-24)15-17-25(29)28-21-12-8-19(9-13-21)26(30)32-22-4-2-1-3-5-22/h6-17,22H,1-5H2,(H,28,29)/b17-15+. The molecule has 164 valence electrons. The molecule has 6 heteroatoms. The molecule has 1 heterocycles. The number of nitrogens with one attached hydrogen (secondary N) is 1. The average Bonchev–Trinajstić information content (AvgIpc) is 3.28. The molecule has 1 fully saturated rings. The Morgan fingerprint density at radius 2 is 1.66 bits per heavy atom. The second kappa shape index (κ2) is 10.3. The van der Waals surface area contributed by atoms with Crippen molar-refractivity contribution >= 4 is 35.2 Å². The highest BCUT2D eigenvalue weighted by atomic mass is 35.5. The molecule has 0 saturated heterocycles. The molecule has 32 heavy (non-hydrogen) atoms. The zero-order chi connectivity index (χ0) is 22.3. The second-order valence-corrected chi connectivity index (χ2v) is 8.21. The molecule has 0 aliphatic heterocycles. The van der Waals surface area contributed by atoms with Gasteiger partial charge in [-0.1, -0.05) is 18.0 Å². The first-order valence-electron chi connectivity index (χ1n) is 10.7. The summed E-state index contributed by atoms with van der Waals surface area (Å²) in [5, 5.41) is 3.43. The maximum Gasteiger partial charge on any atom is 0.338 e. The summed E-state index contributed by atoms with van der Waals surface area (Å²) >= 11 is 5.91. The van der Waals surface area contributed by atoms with Crippen LogP contribution in [0.5, 0.6) is 0 Å². The van der Waals surface area contributed by atoms with E-state index in [1.807, 2.05) is 18.2 Å². The summed E-state index contributed by atoms with van der Waals surface area (Å²) in [4.78, 5) is 24.5. The predicted octanol–water partition coefficient (Wildman–Crippen LogP) is 6.74. The minimum atomic E-state index is -0.316. The highest BCUT2D eigenvalue weighted by Crippen LogP contribution is 2.25. The van der Waals surface area contributed by atoms with Crippen molar-refractivity contribution in [1.29, 1.82) is 0 Å². The largest absolute Gasteiger partial charge is 0.459 e. The molecule has 4 rings (SSSR count). The zero-order valence-electron chi connectivity index (χ0n) is 17.6. The van der Waals surface area contributed by atoms with E-state index in [1.54, 1.807) is 48.5 Å². The predicted molar refractivity (Wildman–Crippen MR) is 126 cm³/mol. The number of hydrogen-bond acceptors (Lipinski definition) is 4. The number of esters is 1. The van der Waals surface area contributed by atoms with Crippen molar-refractivity contribution in [3.05, 3.63) is 83.1 Å². The number of furan rings is 1. The van der Waals surface area contributed by atoms with Crippen molar-refractivity contribution in [3.63, 3.8) is 0 Å². The Morgan fingerprint density at radius 1 is 0.938 bits per heavy atom. The van der Waals surface area contributed by atoms with Crippen molar-refractivity contribution in [1.82, 2.24) is 0 Å². The molecular weight excluding hydrogens is 426 g/mol. The van der Waals surface area contributed by atoms with Gasteiger partial charge in [0.2, 0.25) is 5.91 Å². The van der Waals surface area contributed by atoms with Gasteiger partial charge in [0.15, 0.2) is 0 Å². The van der Waals surface area contributed by atoms with Gasteiger partial charge < -0.3 is 14.5 Å². The molecule has 1 aliphatic carbocycles. The summed E-state index contributed by atoms with van der Waals surface area (Å²) in [5.74, 6) is 0.638. The number of rotatable bonds is 6. The third kappa shape index (κ3) is 5.89. The average molecular weight is 450 g/mol. The fourth-order valence-electron chi connectivity index (χ4n) is 3.65. The van der Waals surface area contributed by atoms with Gasteiger partial charge in [0.25, 0.3) is 0 Å². The van der Waals surface area contributed by atoms with Crippen molar-refractivity contribution in [3.8, 4) is 11.3 Å². The van der Waals surface area contributed by atoms with Crippen molar-refractivity contribution in [2.45, 2.75) is 38.2 Å². The van der Waals surface area contributed by atoms with Gasteiger partial charge in [0.05, 0.1) is 5.56 Å². The molecule has 0 unspecified atom stereocenters. The van der Waals surface area contributed by atoms with E-state index in [-0.39, 0.29) is 18.0 Å². The number of ether oxygens (including phenoxy) is 1. The molecule has 1 aliphatic rings. The van der Waals surface area contributed by atoms with E-state index in [9.17, 15) is 9.59 Å². The van der Waals surface area contributed by atoms with Crippen molar-refractivity contribution in [2.24, 2.45) is 0 Å². The Labute approximate surface area is 192 Å². The Balaban J connectivity index is 1.30. The van der Waals surface area contributed by atoms with E-state index in [2.05, 4.69) is 5.32 Å². The molecule has 2 aromatic carbocycles. The number of amides is 1. The minimum absolute atomic E-state index is 0.0163. The van der Waals surface area contributed by atoms with Crippen LogP contribution in [0.2, 0.25) is 5.02 Å². The summed E-state index contributed by atoms with van der Waals surface area (Å²) in [5.41, 5.74) is 1.98. The fourth-order valence-corrected chi connectivity index (χ4v) is 3.77. The van der Waals surface area contributed by atoms with Crippen LogP contribution in [0, 0.1) is 0 Å². The van der Waals surface area contributed by atoms with Gasteiger partial charge in [-0.25, -0.2) is 4.79 Å². The molecule has 3 aromatic rings. The van der Waals surface area contributed by atoms with E-state index in [0.29, 0.717) is 27.8 Å². The van der Waals surface area contributed by atoms with Crippen LogP contribution in [0.25, 0.3) is 17.4 Å². The van der Waals surface area contributed by atoms with E-state index in [4.69, 9.17) is 20.8 Å². The number of anilines is 1. The SMILES string of the molecule is O=C(/C=C/c1ccc(-c2ccc(Cl)cc2)o1)Nc1ccc(C(=O)OC2CCCCC2)cc1. The van der Waals surface area contributed by atoms with Crippen molar-refractivity contribution in [2.75, 3.05) is 5.32 Å². The summed E-state index contributed by atoms with van der Waals surface area (Å²) in [6.45, 7) is 0. The van der Waals surface area contributed by atoms with Crippen LogP contribution in [0.1, 0.15) is 48.2 Å². The van der Waals surface area contributed by atoms with Crippen LogP contribution < -0.4 is 5.32 Å². The number of carbonyl (C=O) groups is 2. The van der Waals surface area contributed by atoms with Gasteiger partial charge in [-0.15, -0.1) is 0 Å². The topological polar surface area (TPSA) is 68.5 Å².